The van der Waals surface area contributed by atoms with Crippen molar-refractivity contribution in [2.75, 3.05) is 13.2 Å². The van der Waals surface area contributed by atoms with Crippen molar-refractivity contribution in [2.45, 2.75) is 25.8 Å². The van der Waals surface area contributed by atoms with Gasteiger partial charge in [0.25, 0.3) is 0 Å². The monoisotopic (exact) mass is 386 g/mol. The van der Waals surface area contributed by atoms with Crippen LogP contribution < -0.4 is 15.8 Å². The Hall–Kier alpha value is -3.11. The number of carbonyl (C=O) groups is 1. The normalized spacial score (nSPS) is 13.3. The van der Waals surface area contributed by atoms with Crippen LogP contribution in [-0.4, -0.2) is 25.1 Å². The number of ether oxygens (including phenoxy) is 1. The van der Waals surface area contributed by atoms with Crippen LogP contribution in [0.4, 0.5) is 0 Å². The Labute approximate surface area is 171 Å². The van der Waals surface area contributed by atoms with Gasteiger partial charge in [-0.25, -0.2) is 0 Å². The lowest BCUT2D eigenvalue weighted by Crippen LogP contribution is -2.33. The van der Waals surface area contributed by atoms with E-state index in [1.807, 2.05) is 43.3 Å². The summed E-state index contributed by atoms with van der Waals surface area (Å²) in [5.74, 6) is 0.437. The quantitative estimate of drug-likeness (QED) is 0.606. The summed E-state index contributed by atoms with van der Waals surface area (Å²) in [4.78, 5) is 11.4. The number of nitrogens with one attached hydrogen (secondary N) is 1. The molecule has 3 aromatic rings. The minimum Gasteiger partial charge on any atom is -0.492 e. The van der Waals surface area contributed by atoms with Gasteiger partial charge >= 0.3 is 0 Å². The number of hydrogen-bond acceptors (Lipinski definition) is 3. The molecule has 4 nitrogen and oxygen atoms in total. The van der Waals surface area contributed by atoms with E-state index in [2.05, 4.69) is 29.6 Å². The number of fused-ring (bicyclic) bond motifs is 1. The molecule has 1 aliphatic carbocycles. The molecule has 0 aliphatic heterocycles. The fourth-order valence-corrected chi connectivity index (χ4v) is 4.03. The van der Waals surface area contributed by atoms with Crippen LogP contribution in [0.25, 0.3) is 11.1 Å². The van der Waals surface area contributed by atoms with Crippen LogP contribution in [0.2, 0.25) is 0 Å². The molecule has 0 bridgehead atoms. The van der Waals surface area contributed by atoms with Gasteiger partial charge in [-0.2, -0.15) is 0 Å². The molecule has 0 heterocycles. The van der Waals surface area contributed by atoms with Crippen molar-refractivity contribution in [1.82, 2.24) is 5.32 Å². The Morgan fingerprint density at radius 3 is 2.48 bits per heavy atom. The Morgan fingerprint density at radius 1 is 1.03 bits per heavy atom. The van der Waals surface area contributed by atoms with Crippen molar-refractivity contribution in [3.8, 4) is 16.9 Å². The summed E-state index contributed by atoms with van der Waals surface area (Å²) in [6.07, 6.45) is 2.18. The Kier molecular flexibility index (Phi) is 5.63. The smallest absolute Gasteiger partial charge is 0.248 e. The van der Waals surface area contributed by atoms with Gasteiger partial charge < -0.3 is 15.8 Å². The standard InChI is InChI=1S/C25H26N2O2/c1-17-13-21(25(26)28)9-10-24(17)20-7-4-8-23(16-20)29-12-11-27-22-14-18-5-2-3-6-19(18)15-22/h2-10,13,16,22,27H,11-12,14-15H2,1H3,(H2,26,28). The maximum Gasteiger partial charge on any atom is 0.248 e. The molecule has 0 spiro atoms. The first-order valence-corrected chi connectivity index (χ1v) is 10.0. The molecule has 4 rings (SSSR count). The zero-order valence-electron chi connectivity index (χ0n) is 16.7. The third-order valence-electron chi connectivity index (χ3n) is 5.51. The third kappa shape index (κ3) is 4.49. The fraction of sp³-hybridized carbons (Fsp3) is 0.240. The van der Waals surface area contributed by atoms with Crippen molar-refractivity contribution in [2.24, 2.45) is 5.73 Å². The van der Waals surface area contributed by atoms with Crippen molar-refractivity contribution in [3.63, 3.8) is 0 Å². The fourth-order valence-electron chi connectivity index (χ4n) is 4.03. The van der Waals surface area contributed by atoms with Crippen LogP contribution in [-0.2, 0) is 12.8 Å². The molecule has 0 atom stereocenters. The maximum atomic E-state index is 11.4. The molecule has 3 aromatic carbocycles. The van der Waals surface area contributed by atoms with Gasteiger partial charge in [0.05, 0.1) is 0 Å². The third-order valence-corrected chi connectivity index (χ3v) is 5.51. The van der Waals surface area contributed by atoms with E-state index in [-0.39, 0.29) is 0 Å². The minimum absolute atomic E-state index is 0.408. The van der Waals surface area contributed by atoms with Gasteiger partial charge in [0, 0.05) is 18.2 Å². The summed E-state index contributed by atoms with van der Waals surface area (Å²) in [6.45, 7) is 3.42. The molecular formula is C25H26N2O2. The van der Waals surface area contributed by atoms with Crippen molar-refractivity contribution in [3.05, 3.63) is 89.0 Å². The summed E-state index contributed by atoms with van der Waals surface area (Å²) in [5, 5.41) is 3.60. The molecule has 0 saturated carbocycles. The van der Waals surface area contributed by atoms with Gasteiger partial charge in [0.15, 0.2) is 0 Å². The van der Waals surface area contributed by atoms with Crippen LogP contribution in [0.5, 0.6) is 5.75 Å². The summed E-state index contributed by atoms with van der Waals surface area (Å²) in [6, 6.07) is 22.7. The predicted octanol–water partition coefficient (Wildman–Crippen LogP) is 3.90. The Bertz CT molecular complexity index is 1000. The zero-order chi connectivity index (χ0) is 20.2. The molecule has 0 unspecified atom stereocenters. The molecule has 4 heteroatoms. The molecular weight excluding hydrogens is 360 g/mol. The maximum absolute atomic E-state index is 11.4. The molecule has 1 aliphatic rings. The summed E-state index contributed by atoms with van der Waals surface area (Å²) in [5.41, 5.74) is 12.0. The number of rotatable bonds is 7. The Balaban J connectivity index is 1.32. The molecule has 1 amide bonds. The SMILES string of the molecule is Cc1cc(C(N)=O)ccc1-c1cccc(OCCNC2Cc3ccccc3C2)c1. The van der Waals surface area contributed by atoms with E-state index >= 15 is 0 Å². The number of nitrogens with two attached hydrogens (primary N) is 1. The molecule has 0 saturated heterocycles. The van der Waals surface area contributed by atoms with Gasteiger partial charge in [-0.1, -0.05) is 42.5 Å². The first-order valence-electron chi connectivity index (χ1n) is 10.0. The van der Waals surface area contributed by atoms with Gasteiger partial charge in [-0.15, -0.1) is 0 Å². The lowest BCUT2D eigenvalue weighted by Gasteiger charge is -2.13. The van der Waals surface area contributed by atoms with Crippen molar-refractivity contribution < 1.29 is 9.53 Å². The number of hydrogen-bond donors (Lipinski definition) is 2. The lowest BCUT2D eigenvalue weighted by atomic mass is 9.98. The average Bonchev–Trinajstić information content (AvgIpc) is 3.14. The van der Waals surface area contributed by atoms with Crippen molar-refractivity contribution >= 4 is 5.91 Å². The van der Waals surface area contributed by atoms with E-state index in [1.54, 1.807) is 6.07 Å². The number of amides is 1. The van der Waals surface area contributed by atoms with Crippen LogP contribution in [0.1, 0.15) is 27.0 Å². The first kappa shape index (κ1) is 19.2. The molecule has 148 valence electrons. The summed E-state index contributed by atoms with van der Waals surface area (Å²) < 4.78 is 5.97. The number of benzene rings is 3. The summed E-state index contributed by atoms with van der Waals surface area (Å²) in [7, 11) is 0. The number of primary amides is 1. The molecule has 0 radical (unpaired) electrons. The van der Waals surface area contributed by atoms with E-state index in [0.717, 1.165) is 41.8 Å². The van der Waals surface area contributed by atoms with E-state index in [4.69, 9.17) is 10.5 Å². The molecule has 3 N–H and O–H groups in total. The van der Waals surface area contributed by atoms with Gasteiger partial charge in [-0.3, -0.25) is 4.79 Å². The van der Waals surface area contributed by atoms with E-state index in [0.29, 0.717) is 18.2 Å². The second-order valence-corrected chi connectivity index (χ2v) is 7.60. The van der Waals surface area contributed by atoms with Gasteiger partial charge in [0.2, 0.25) is 5.91 Å². The van der Waals surface area contributed by atoms with E-state index < -0.39 is 5.91 Å². The Morgan fingerprint density at radius 2 is 1.79 bits per heavy atom. The minimum atomic E-state index is -0.408. The molecule has 0 fully saturated rings. The highest BCUT2D eigenvalue weighted by molar-refractivity contribution is 5.93. The van der Waals surface area contributed by atoms with Gasteiger partial charge in [0.1, 0.15) is 12.4 Å². The van der Waals surface area contributed by atoms with Crippen LogP contribution in [0, 0.1) is 6.92 Å². The highest BCUT2D eigenvalue weighted by Crippen LogP contribution is 2.27. The highest BCUT2D eigenvalue weighted by Gasteiger charge is 2.19. The second-order valence-electron chi connectivity index (χ2n) is 7.60. The van der Waals surface area contributed by atoms with Crippen LogP contribution in [0.3, 0.4) is 0 Å². The highest BCUT2D eigenvalue weighted by atomic mass is 16.5. The van der Waals surface area contributed by atoms with Crippen LogP contribution in [0.15, 0.2) is 66.7 Å². The second kappa shape index (κ2) is 8.50. The molecule has 29 heavy (non-hydrogen) atoms. The van der Waals surface area contributed by atoms with Gasteiger partial charge in [-0.05, 0) is 71.8 Å². The average molecular weight is 386 g/mol. The lowest BCUT2D eigenvalue weighted by molar-refractivity contribution is 0.1000. The zero-order valence-corrected chi connectivity index (χ0v) is 16.7. The molecule has 0 aromatic heterocycles. The van der Waals surface area contributed by atoms with E-state index in [1.165, 1.54) is 11.1 Å². The van der Waals surface area contributed by atoms with Crippen LogP contribution >= 0.6 is 0 Å². The largest absolute Gasteiger partial charge is 0.492 e. The first-order chi connectivity index (χ1) is 14.1. The van der Waals surface area contributed by atoms with Crippen molar-refractivity contribution in [1.29, 1.82) is 0 Å². The number of aryl methyl sites for hydroxylation is 1. The van der Waals surface area contributed by atoms with E-state index in [9.17, 15) is 4.79 Å². The number of carbonyl (C=O) groups excluding carboxylic acids is 1. The topological polar surface area (TPSA) is 64.4 Å². The summed E-state index contributed by atoms with van der Waals surface area (Å²) >= 11 is 0. The predicted molar refractivity (Wildman–Crippen MR) is 116 cm³/mol.